The van der Waals surface area contributed by atoms with Gasteiger partial charge in [0.2, 0.25) is 0 Å². The summed E-state index contributed by atoms with van der Waals surface area (Å²) in [5.74, 6) is 7.10. The first-order valence-electron chi connectivity index (χ1n) is 41.9. The number of piperidine rings is 1. The largest absolute Gasteiger partial charge is 0.489 e. The van der Waals surface area contributed by atoms with Crippen molar-refractivity contribution in [1.29, 1.82) is 0 Å². The topological polar surface area (TPSA) is 139 Å². The maximum Gasteiger partial charge on any atom is 0.414 e. The standard InChI is InChI=1S/C23H44F3NO3.C22H33NO3.C22H44O4.C21H43NO3.CH4/c1-21(2,3)27-12-10-19(11-13-27)18-20(23(24,25)26)29-17-16-28-14-8-7-9-15-30-22(4,5)6;1-21(2,3)24-13-9-7-8-10-17-11-12-18(16-23-17)25-19-14-20(15-19)26-22(4,5)6;1-21(2,3)25-16-12-8-10-14-23-13-9-7-11-15-24-19-17-20(18-19)26-22(4,5)6;1-20(2,3)24-16-12-8-11-15-23-14-10-7-9-13-22-17-19(18-22)25-21(4,5)6;/h19-20H,7-18H2,1-6H3;11-12,16,19-20H,7,9,13-15H2,1-6H3;19-20H,7-18H2,1-6H3;19H,7-18H2,1-6H3;1H4. The zero-order chi connectivity index (χ0) is 80.3. The Kier molecular flexibility index (Phi) is 51.7. The molecule has 1 unspecified atom stereocenters. The van der Waals surface area contributed by atoms with Crippen molar-refractivity contribution in [2.45, 2.75) is 415 Å². The second kappa shape index (κ2) is 53.8. The Bertz CT molecular complexity index is 2380. The molecule has 5 rings (SSSR count). The lowest BCUT2D eigenvalue weighted by molar-refractivity contribution is -0.228. The lowest BCUT2D eigenvalue weighted by atomic mass is 9.88. The van der Waals surface area contributed by atoms with E-state index in [9.17, 15) is 13.2 Å². The lowest BCUT2D eigenvalue weighted by Crippen LogP contribution is -2.54. The van der Waals surface area contributed by atoms with Crippen molar-refractivity contribution in [3.8, 4) is 17.6 Å². The predicted octanol–water partition coefficient (Wildman–Crippen LogP) is 21.4. The van der Waals surface area contributed by atoms with Crippen LogP contribution in [0.25, 0.3) is 0 Å². The second-order valence-corrected chi connectivity index (χ2v) is 38.0. The number of halogens is 3. The molecule has 1 aromatic rings. The Hall–Kier alpha value is -2.26. The average molecular weight is 1550 g/mol. The first-order valence-corrected chi connectivity index (χ1v) is 41.9. The Labute approximate surface area is 661 Å². The molecule has 0 bridgehead atoms. The molecule has 0 spiro atoms. The van der Waals surface area contributed by atoms with E-state index in [1.165, 1.54) is 45.1 Å². The quantitative estimate of drug-likeness (QED) is 0.0451. The van der Waals surface area contributed by atoms with E-state index < -0.39 is 12.3 Å². The number of aromatic nitrogens is 1. The molecular formula is C89H168F3N3O13. The van der Waals surface area contributed by atoms with E-state index in [1.54, 1.807) is 6.20 Å². The fourth-order valence-electron chi connectivity index (χ4n) is 12.2. The van der Waals surface area contributed by atoms with Crippen molar-refractivity contribution < 1.29 is 74.8 Å². The molecule has 0 amide bonds. The Morgan fingerprint density at radius 2 is 0.815 bits per heavy atom. The third-order valence-electron chi connectivity index (χ3n) is 17.8. The molecule has 0 aromatic carbocycles. The number of rotatable bonds is 45. The van der Waals surface area contributed by atoms with Crippen molar-refractivity contribution in [2.24, 2.45) is 5.92 Å². The summed E-state index contributed by atoms with van der Waals surface area (Å²) in [6.07, 6.45) is 21.8. The molecule has 2 aliphatic carbocycles. The van der Waals surface area contributed by atoms with Crippen LogP contribution in [0, 0.1) is 17.8 Å². The average Bonchev–Trinajstić information content (AvgIpc) is 0.855. The van der Waals surface area contributed by atoms with E-state index >= 15 is 0 Å². The summed E-state index contributed by atoms with van der Waals surface area (Å²) in [6.45, 7) is 63.8. The third-order valence-corrected chi connectivity index (χ3v) is 17.8. The van der Waals surface area contributed by atoms with Crippen LogP contribution in [0.3, 0.4) is 0 Å². The number of unbranched alkanes of at least 4 members (excludes halogenated alkanes) is 11. The van der Waals surface area contributed by atoms with Crippen molar-refractivity contribution >= 4 is 0 Å². The van der Waals surface area contributed by atoms with Crippen molar-refractivity contribution in [1.82, 2.24) is 14.8 Å². The first kappa shape index (κ1) is 104. The molecule has 3 heterocycles. The van der Waals surface area contributed by atoms with Gasteiger partial charge in [-0.15, -0.1) is 0 Å². The van der Waals surface area contributed by atoms with Crippen LogP contribution in [-0.4, -0.2) is 214 Å². The molecule has 0 radical (unpaired) electrons. The maximum atomic E-state index is 13.4. The number of nitrogens with zero attached hydrogens (tertiary/aromatic N) is 3. The number of likely N-dealkylation sites (tertiary alicyclic amines) is 2. The highest BCUT2D eigenvalue weighted by molar-refractivity contribution is 5.31. The van der Waals surface area contributed by atoms with Crippen LogP contribution in [-0.2, 0) is 56.8 Å². The Morgan fingerprint density at radius 3 is 1.21 bits per heavy atom. The fraction of sp³-hybridized carbons (Fsp3) is 0.921. The zero-order valence-electron chi connectivity index (χ0n) is 73.0. The number of hydrogen-bond donors (Lipinski definition) is 0. The zero-order valence-corrected chi connectivity index (χ0v) is 73.0. The smallest absolute Gasteiger partial charge is 0.414 e. The summed E-state index contributed by atoms with van der Waals surface area (Å²) in [7, 11) is 0. The highest BCUT2D eigenvalue weighted by atomic mass is 19.4. The van der Waals surface area contributed by atoms with Crippen molar-refractivity contribution in [3.63, 3.8) is 0 Å². The van der Waals surface area contributed by atoms with Crippen LogP contribution in [0.2, 0.25) is 0 Å². The van der Waals surface area contributed by atoms with Crippen LogP contribution in [0.4, 0.5) is 13.2 Å². The van der Waals surface area contributed by atoms with Crippen LogP contribution < -0.4 is 4.74 Å². The number of alkyl halides is 3. The molecule has 638 valence electrons. The van der Waals surface area contributed by atoms with Crippen molar-refractivity contribution in [2.75, 3.05) is 112 Å². The van der Waals surface area contributed by atoms with Crippen LogP contribution in [0.15, 0.2) is 18.3 Å². The normalized spacial score (nSPS) is 19.0. The van der Waals surface area contributed by atoms with Gasteiger partial charge in [-0.2, -0.15) is 13.2 Å². The Morgan fingerprint density at radius 1 is 0.426 bits per heavy atom. The summed E-state index contributed by atoms with van der Waals surface area (Å²) in [5.41, 5.74) is 0.503. The van der Waals surface area contributed by atoms with Gasteiger partial charge in [-0.05, 0) is 345 Å². The highest BCUT2D eigenvalue weighted by Gasteiger charge is 2.43. The highest BCUT2D eigenvalue weighted by Crippen LogP contribution is 2.35. The van der Waals surface area contributed by atoms with E-state index in [1.807, 2.05) is 32.9 Å². The summed E-state index contributed by atoms with van der Waals surface area (Å²) in [5, 5.41) is 0. The molecule has 4 fully saturated rings. The number of hydrogen-bond acceptors (Lipinski definition) is 16. The lowest BCUT2D eigenvalue weighted by Gasteiger charge is -2.42. The van der Waals surface area contributed by atoms with E-state index in [2.05, 4.69) is 172 Å². The van der Waals surface area contributed by atoms with E-state index in [0.29, 0.717) is 37.6 Å². The van der Waals surface area contributed by atoms with Gasteiger partial charge in [0.1, 0.15) is 17.5 Å². The molecule has 4 aliphatic rings. The predicted molar refractivity (Wildman–Crippen MR) is 439 cm³/mol. The van der Waals surface area contributed by atoms with Gasteiger partial charge in [0.25, 0.3) is 0 Å². The van der Waals surface area contributed by atoms with Crippen molar-refractivity contribution in [3.05, 3.63) is 24.0 Å². The molecular weight excluding hydrogens is 1380 g/mol. The molecule has 19 heteroatoms. The van der Waals surface area contributed by atoms with Gasteiger partial charge >= 0.3 is 6.18 Å². The number of pyridine rings is 1. The molecule has 108 heavy (non-hydrogen) atoms. The summed E-state index contributed by atoms with van der Waals surface area (Å²) < 4.78 is 115. The molecule has 0 N–H and O–H groups in total. The van der Waals surface area contributed by atoms with Crippen LogP contribution in [0.5, 0.6) is 5.75 Å². The minimum absolute atomic E-state index is 0. The van der Waals surface area contributed by atoms with Gasteiger partial charge in [0.05, 0.1) is 83.0 Å². The minimum Gasteiger partial charge on any atom is -0.489 e. The summed E-state index contributed by atoms with van der Waals surface area (Å²) in [6, 6.07) is 3.85. The second-order valence-electron chi connectivity index (χ2n) is 38.0. The van der Waals surface area contributed by atoms with E-state index in [0.717, 1.165) is 200 Å². The maximum absolute atomic E-state index is 13.4. The van der Waals surface area contributed by atoms with Gasteiger partial charge in [0.15, 0.2) is 6.10 Å². The summed E-state index contributed by atoms with van der Waals surface area (Å²) in [4.78, 5) is 9.20. The van der Waals surface area contributed by atoms with E-state index in [-0.39, 0.29) is 83.8 Å². The van der Waals surface area contributed by atoms with Gasteiger partial charge in [-0.3, -0.25) is 9.80 Å². The molecule has 2 saturated heterocycles. The fourth-order valence-corrected chi connectivity index (χ4v) is 12.2. The number of ether oxygens (including phenoxy) is 13. The van der Waals surface area contributed by atoms with Gasteiger partial charge in [-0.25, -0.2) is 4.98 Å². The van der Waals surface area contributed by atoms with E-state index in [4.69, 9.17) is 61.6 Å². The van der Waals surface area contributed by atoms with Gasteiger partial charge in [-0.1, -0.05) is 13.3 Å². The first-order chi connectivity index (χ1) is 49.7. The molecule has 2 saturated carbocycles. The third kappa shape index (κ3) is 61.2. The summed E-state index contributed by atoms with van der Waals surface area (Å²) >= 11 is 0. The molecule has 1 atom stereocenters. The van der Waals surface area contributed by atoms with Crippen LogP contribution in [0.1, 0.15) is 333 Å². The monoisotopic (exact) mass is 1540 g/mol. The molecule has 16 nitrogen and oxygen atoms in total. The Balaban J connectivity index is 0.000000719. The van der Waals surface area contributed by atoms with Gasteiger partial charge < -0.3 is 61.6 Å². The van der Waals surface area contributed by atoms with Gasteiger partial charge in [0, 0.05) is 104 Å². The molecule has 1 aromatic heterocycles. The van der Waals surface area contributed by atoms with Crippen LogP contribution >= 0.6 is 0 Å². The SMILES string of the molecule is C.CC(C)(C)OCCCC#Cc1ccc(OC2CC(OC(C)(C)C)C2)cn1.CC(C)(C)OCCCCCOCCCCCN1CC(OC(C)(C)C)C1.CC(C)(C)OCCCCCOCCCCCOC1CC(OC(C)(C)C)C1.CC(C)(C)OCCCCCOCCOC(CC1CCN(C(C)(C)C)CC1)C(F)(F)F. The molecule has 2 aliphatic heterocycles. The minimum atomic E-state index is -4.33.